The Hall–Kier alpha value is -2.09. The van der Waals surface area contributed by atoms with Crippen molar-refractivity contribution in [2.45, 2.75) is 17.4 Å². The second-order valence-electron chi connectivity index (χ2n) is 6.85. The maximum Gasteiger partial charge on any atom is 0.310 e. The molecule has 0 radical (unpaired) electrons. The number of methoxy groups -OCH3 is 1. The number of carbonyl (C=O) groups excluding carboxylic acids is 3. The number of alkyl halides is 1. The zero-order chi connectivity index (χ0) is 18.4. The van der Waals surface area contributed by atoms with Crippen molar-refractivity contribution in [3.8, 4) is 5.75 Å². The van der Waals surface area contributed by atoms with E-state index in [9.17, 15) is 14.4 Å². The van der Waals surface area contributed by atoms with Gasteiger partial charge in [0, 0.05) is 17.7 Å². The van der Waals surface area contributed by atoms with Crippen molar-refractivity contribution >= 4 is 39.5 Å². The molecule has 6 atom stereocenters. The lowest BCUT2D eigenvalue weighted by Gasteiger charge is -2.26. The summed E-state index contributed by atoms with van der Waals surface area (Å²) in [6, 6.07) is 6.88. The third-order valence-electron chi connectivity index (χ3n) is 5.49. The molecule has 26 heavy (non-hydrogen) atoms. The van der Waals surface area contributed by atoms with E-state index in [1.54, 1.807) is 24.3 Å². The molecule has 1 aliphatic heterocycles. The lowest BCUT2D eigenvalue weighted by Crippen LogP contribution is -2.39. The minimum Gasteiger partial charge on any atom is -0.497 e. The molecule has 1 N–H and O–H groups in total. The maximum absolute atomic E-state index is 12.5. The highest BCUT2D eigenvalue weighted by Gasteiger charge is 2.68. The average Bonchev–Trinajstić information content (AvgIpc) is 3.24. The zero-order valence-electron chi connectivity index (χ0n) is 14.0. The number of hydrogen-bond donors (Lipinski definition) is 1. The van der Waals surface area contributed by atoms with Gasteiger partial charge in [0.15, 0.2) is 6.61 Å². The van der Waals surface area contributed by atoms with E-state index in [1.807, 2.05) is 0 Å². The van der Waals surface area contributed by atoms with Gasteiger partial charge in [-0.25, -0.2) is 0 Å². The highest BCUT2D eigenvalue weighted by molar-refractivity contribution is 9.09. The molecule has 2 saturated carbocycles. The van der Waals surface area contributed by atoms with Gasteiger partial charge < -0.3 is 19.5 Å². The summed E-state index contributed by atoms with van der Waals surface area (Å²) >= 11 is 3.55. The predicted octanol–water partition coefficient (Wildman–Crippen LogP) is 1.75. The smallest absolute Gasteiger partial charge is 0.310 e. The summed E-state index contributed by atoms with van der Waals surface area (Å²) < 4.78 is 15.7. The lowest BCUT2D eigenvalue weighted by atomic mass is 9.80. The first-order valence-electron chi connectivity index (χ1n) is 8.44. The van der Waals surface area contributed by atoms with Gasteiger partial charge in [-0.2, -0.15) is 0 Å². The van der Waals surface area contributed by atoms with E-state index in [0.29, 0.717) is 11.4 Å². The van der Waals surface area contributed by atoms with Crippen LogP contribution in [0.2, 0.25) is 0 Å². The zero-order valence-corrected chi connectivity index (χ0v) is 15.6. The van der Waals surface area contributed by atoms with Gasteiger partial charge in [-0.05, 0) is 24.5 Å². The number of fused-ring (bicyclic) bond motifs is 1. The second-order valence-corrected chi connectivity index (χ2v) is 7.91. The topological polar surface area (TPSA) is 90.9 Å². The van der Waals surface area contributed by atoms with Crippen molar-refractivity contribution in [3.63, 3.8) is 0 Å². The largest absolute Gasteiger partial charge is 0.497 e. The number of ether oxygens (including phenoxy) is 3. The highest BCUT2D eigenvalue weighted by Crippen LogP contribution is 2.60. The molecule has 1 heterocycles. The fourth-order valence-electron chi connectivity index (χ4n) is 4.43. The molecule has 0 unspecified atom stereocenters. The SMILES string of the molecule is COc1cccc(NC(=O)COC(=O)[C@@H]2[C@H]3C[C@H]4[C@H](OC(=O)[C@H]42)[C@@H]3Br)c1. The Labute approximate surface area is 158 Å². The molecule has 3 aliphatic rings. The molecule has 1 aromatic rings. The first-order chi connectivity index (χ1) is 12.5. The molecular weight excluding hydrogens is 406 g/mol. The molecule has 1 amide bonds. The first kappa shape index (κ1) is 17.3. The van der Waals surface area contributed by atoms with Gasteiger partial charge in [-0.1, -0.05) is 22.0 Å². The van der Waals surface area contributed by atoms with Gasteiger partial charge in [0.2, 0.25) is 0 Å². The van der Waals surface area contributed by atoms with Crippen molar-refractivity contribution in [1.82, 2.24) is 0 Å². The standard InChI is InChI=1S/C18H18BrNO6/c1-24-9-4-2-3-8(5-9)20-12(21)7-25-17(22)13-10-6-11-14(13)18(23)26-16(11)15(10)19/h2-5,10-11,13-16H,6-7H2,1H3,(H,20,21)/t10-,11-,13-,14-,15-,16+/m1/s1. The van der Waals surface area contributed by atoms with Gasteiger partial charge in [0.05, 0.1) is 23.8 Å². The number of carbonyl (C=O) groups is 3. The Balaban J connectivity index is 1.35. The average molecular weight is 424 g/mol. The van der Waals surface area contributed by atoms with Crippen LogP contribution in [0.4, 0.5) is 5.69 Å². The van der Waals surface area contributed by atoms with Crippen LogP contribution in [0.25, 0.3) is 0 Å². The van der Waals surface area contributed by atoms with Crippen molar-refractivity contribution in [1.29, 1.82) is 0 Å². The minimum absolute atomic E-state index is 0.00963. The van der Waals surface area contributed by atoms with E-state index >= 15 is 0 Å². The number of benzene rings is 1. The molecule has 2 bridgehead atoms. The number of nitrogens with one attached hydrogen (secondary N) is 1. The molecule has 1 aromatic carbocycles. The Morgan fingerprint density at radius 3 is 2.92 bits per heavy atom. The molecule has 4 rings (SSSR count). The van der Waals surface area contributed by atoms with Crippen molar-refractivity contribution in [3.05, 3.63) is 24.3 Å². The number of amides is 1. The summed E-state index contributed by atoms with van der Waals surface area (Å²) in [7, 11) is 1.54. The number of rotatable bonds is 5. The molecule has 3 fully saturated rings. The van der Waals surface area contributed by atoms with Crippen molar-refractivity contribution < 1.29 is 28.6 Å². The van der Waals surface area contributed by atoms with Crippen LogP contribution < -0.4 is 10.1 Å². The van der Waals surface area contributed by atoms with Gasteiger partial charge in [0.25, 0.3) is 5.91 Å². The molecule has 8 heteroatoms. The molecule has 0 spiro atoms. The van der Waals surface area contributed by atoms with E-state index in [0.717, 1.165) is 6.42 Å². The Bertz CT molecular complexity index is 768. The van der Waals surface area contributed by atoms with Crippen LogP contribution in [-0.4, -0.2) is 42.5 Å². The van der Waals surface area contributed by atoms with Gasteiger partial charge in [-0.3, -0.25) is 14.4 Å². The van der Waals surface area contributed by atoms with Crippen LogP contribution in [0.3, 0.4) is 0 Å². The summed E-state index contributed by atoms with van der Waals surface area (Å²) in [5.74, 6) is -1.57. The molecule has 138 valence electrons. The fourth-order valence-corrected chi connectivity index (χ4v) is 5.47. The van der Waals surface area contributed by atoms with E-state index in [-0.39, 0.29) is 28.7 Å². The van der Waals surface area contributed by atoms with Crippen LogP contribution in [0.15, 0.2) is 24.3 Å². The van der Waals surface area contributed by atoms with E-state index in [2.05, 4.69) is 21.2 Å². The Morgan fingerprint density at radius 1 is 1.35 bits per heavy atom. The van der Waals surface area contributed by atoms with E-state index < -0.39 is 30.3 Å². The third-order valence-corrected chi connectivity index (χ3v) is 6.69. The Morgan fingerprint density at radius 2 is 2.15 bits per heavy atom. The van der Waals surface area contributed by atoms with Crippen LogP contribution in [0.1, 0.15) is 6.42 Å². The summed E-state index contributed by atoms with van der Waals surface area (Å²) in [6.45, 7) is -0.401. The monoisotopic (exact) mass is 423 g/mol. The fraction of sp³-hybridized carbons (Fsp3) is 0.500. The minimum atomic E-state index is -0.541. The summed E-state index contributed by atoms with van der Waals surface area (Å²) in [5, 5.41) is 2.65. The van der Waals surface area contributed by atoms with Crippen molar-refractivity contribution in [2.24, 2.45) is 23.7 Å². The van der Waals surface area contributed by atoms with Crippen molar-refractivity contribution in [2.75, 3.05) is 19.0 Å². The molecule has 0 aromatic heterocycles. The van der Waals surface area contributed by atoms with Crippen LogP contribution in [-0.2, 0) is 23.9 Å². The second kappa shape index (κ2) is 6.57. The normalized spacial score (nSPS) is 33.7. The predicted molar refractivity (Wildman–Crippen MR) is 93.8 cm³/mol. The number of anilines is 1. The quantitative estimate of drug-likeness (QED) is 0.572. The third kappa shape index (κ3) is 2.76. The number of hydrogen-bond acceptors (Lipinski definition) is 6. The molecular formula is C18H18BrNO6. The molecule has 7 nitrogen and oxygen atoms in total. The van der Waals surface area contributed by atoms with Crippen LogP contribution in [0.5, 0.6) is 5.75 Å². The van der Waals surface area contributed by atoms with Gasteiger partial charge in [-0.15, -0.1) is 0 Å². The van der Waals surface area contributed by atoms with Crippen LogP contribution >= 0.6 is 15.9 Å². The number of halogens is 1. The van der Waals surface area contributed by atoms with Crippen LogP contribution in [0, 0.1) is 23.7 Å². The van der Waals surface area contributed by atoms with E-state index in [4.69, 9.17) is 14.2 Å². The molecule has 2 aliphatic carbocycles. The van der Waals surface area contributed by atoms with E-state index in [1.165, 1.54) is 7.11 Å². The maximum atomic E-state index is 12.5. The molecule has 1 saturated heterocycles. The Kier molecular flexibility index (Phi) is 4.38. The number of esters is 2. The first-order valence-corrected chi connectivity index (χ1v) is 9.36. The van der Waals surface area contributed by atoms with Gasteiger partial charge >= 0.3 is 11.9 Å². The van der Waals surface area contributed by atoms with Gasteiger partial charge in [0.1, 0.15) is 11.9 Å². The summed E-state index contributed by atoms with van der Waals surface area (Å²) in [4.78, 5) is 36.6. The summed E-state index contributed by atoms with van der Waals surface area (Å²) in [6.07, 6.45) is 0.630. The lowest BCUT2D eigenvalue weighted by molar-refractivity contribution is -0.157. The summed E-state index contributed by atoms with van der Waals surface area (Å²) in [5.41, 5.74) is 0.549. The highest BCUT2D eigenvalue weighted by atomic mass is 79.9.